The summed E-state index contributed by atoms with van der Waals surface area (Å²) in [6.07, 6.45) is 5.39. The van der Waals surface area contributed by atoms with Crippen LogP contribution in [0.3, 0.4) is 0 Å². The van der Waals surface area contributed by atoms with Crippen LogP contribution in [0.5, 0.6) is 5.75 Å². The lowest BCUT2D eigenvalue weighted by Crippen LogP contribution is -2.26. The van der Waals surface area contributed by atoms with Gasteiger partial charge in [-0.25, -0.2) is 0 Å². The minimum Gasteiger partial charge on any atom is -0.490 e. The van der Waals surface area contributed by atoms with E-state index in [1.165, 1.54) is 12.8 Å². The Morgan fingerprint density at radius 1 is 1.11 bits per heavy atom. The highest BCUT2D eigenvalue weighted by Gasteiger charge is 2.25. The monoisotopic (exact) mass is 248 g/mol. The van der Waals surface area contributed by atoms with Crippen molar-refractivity contribution < 1.29 is 14.6 Å². The van der Waals surface area contributed by atoms with E-state index >= 15 is 0 Å². The molecule has 0 amide bonds. The number of rotatable bonds is 4. The summed E-state index contributed by atoms with van der Waals surface area (Å²) in [7, 11) is 0. The van der Waals surface area contributed by atoms with Crippen molar-refractivity contribution in [2.24, 2.45) is 0 Å². The molecule has 2 fully saturated rings. The maximum absolute atomic E-state index is 10.3. The van der Waals surface area contributed by atoms with E-state index in [0.717, 1.165) is 37.2 Å². The average molecular weight is 248 g/mol. The molecule has 1 saturated carbocycles. The molecule has 98 valence electrons. The van der Waals surface area contributed by atoms with E-state index < -0.39 is 6.10 Å². The van der Waals surface area contributed by atoms with E-state index in [1.54, 1.807) is 0 Å². The Balaban J connectivity index is 1.63. The second kappa shape index (κ2) is 5.29. The second-order valence-electron chi connectivity index (χ2n) is 5.24. The molecule has 1 aromatic rings. The van der Waals surface area contributed by atoms with Gasteiger partial charge in [0.1, 0.15) is 11.9 Å². The number of hydrogen-bond acceptors (Lipinski definition) is 3. The summed E-state index contributed by atoms with van der Waals surface area (Å²) < 4.78 is 11.3. The standard InChI is InChI=1S/C15H20O3/c16-15(14-3-1-2-10-17-14)11-4-6-12(7-5-11)18-13-8-9-13/h4-7,13-16H,1-3,8-10H2. The molecule has 2 aliphatic rings. The van der Waals surface area contributed by atoms with Crippen LogP contribution in [0.4, 0.5) is 0 Å². The lowest BCUT2D eigenvalue weighted by Gasteiger charge is -2.27. The van der Waals surface area contributed by atoms with Crippen molar-refractivity contribution in [3.63, 3.8) is 0 Å². The molecule has 0 bridgehead atoms. The molecule has 18 heavy (non-hydrogen) atoms. The summed E-state index contributed by atoms with van der Waals surface area (Å²) in [6, 6.07) is 7.78. The lowest BCUT2D eigenvalue weighted by atomic mass is 9.98. The Labute approximate surface area is 108 Å². The van der Waals surface area contributed by atoms with Gasteiger partial charge in [0.15, 0.2) is 0 Å². The van der Waals surface area contributed by atoms with Crippen LogP contribution in [0, 0.1) is 0 Å². The topological polar surface area (TPSA) is 38.7 Å². The van der Waals surface area contributed by atoms with E-state index in [4.69, 9.17) is 9.47 Å². The molecule has 2 atom stereocenters. The third kappa shape index (κ3) is 2.85. The summed E-state index contributed by atoms with van der Waals surface area (Å²) in [4.78, 5) is 0. The van der Waals surface area contributed by atoms with Crippen molar-refractivity contribution in [3.05, 3.63) is 29.8 Å². The number of benzene rings is 1. The van der Waals surface area contributed by atoms with E-state index in [-0.39, 0.29) is 6.10 Å². The molecule has 1 aliphatic heterocycles. The van der Waals surface area contributed by atoms with Gasteiger partial charge in [-0.15, -0.1) is 0 Å². The second-order valence-corrected chi connectivity index (χ2v) is 5.24. The number of hydrogen-bond donors (Lipinski definition) is 1. The van der Waals surface area contributed by atoms with Gasteiger partial charge < -0.3 is 14.6 Å². The van der Waals surface area contributed by atoms with E-state index in [1.807, 2.05) is 24.3 Å². The van der Waals surface area contributed by atoms with Gasteiger partial charge in [-0.3, -0.25) is 0 Å². The normalized spacial score (nSPS) is 25.7. The zero-order valence-electron chi connectivity index (χ0n) is 10.5. The maximum atomic E-state index is 10.3. The molecule has 2 unspecified atom stereocenters. The Morgan fingerprint density at radius 3 is 2.50 bits per heavy atom. The number of ether oxygens (including phenoxy) is 2. The zero-order valence-corrected chi connectivity index (χ0v) is 10.5. The highest BCUT2D eigenvalue weighted by molar-refractivity contribution is 5.29. The third-order valence-corrected chi connectivity index (χ3v) is 3.62. The van der Waals surface area contributed by atoms with E-state index in [2.05, 4.69) is 0 Å². The van der Waals surface area contributed by atoms with E-state index in [0.29, 0.717) is 6.10 Å². The smallest absolute Gasteiger partial charge is 0.119 e. The van der Waals surface area contributed by atoms with Crippen molar-refractivity contribution >= 4 is 0 Å². The first kappa shape index (κ1) is 12.0. The van der Waals surface area contributed by atoms with Crippen molar-refractivity contribution in [1.82, 2.24) is 0 Å². The first-order chi connectivity index (χ1) is 8.83. The molecule has 1 heterocycles. The van der Waals surface area contributed by atoms with Crippen molar-refractivity contribution in [1.29, 1.82) is 0 Å². The fraction of sp³-hybridized carbons (Fsp3) is 0.600. The van der Waals surface area contributed by atoms with Gasteiger partial charge in [0.05, 0.1) is 12.2 Å². The van der Waals surface area contributed by atoms with Gasteiger partial charge in [0.2, 0.25) is 0 Å². The highest BCUT2D eigenvalue weighted by atomic mass is 16.5. The summed E-state index contributed by atoms with van der Waals surface area (Å²) in [6.45, 7) is 0.768. The molecule has 3 nitrogen and oxygen atoms in total. The van der Waals surface area contributed by atoms with Crippen LogP contribution in [-0.4, -0.2) is 23.9 Å². The molecule has 3 rings (SSSR count). The van der Waals surface area contributed by atoms with Crippen LogP contribution in [0.2, 0.25) is 0 Å². The molecule has 0 radical (unpaired) electrons. The van der Waals surface area contributed by atoms with Crippen molar-refractivity contribution in [2.75, 3.05) is 6.61 Å². The minimum absolute atomic E-state index is 0.0473. The van der Waals surface area contributed by atoms with Crippen LogP contribution in [0.1, 0.15) is 43.8 Å². The van der Waals surface area contributed by atoms with Crippen LogP contribution < -0.4 is 4.74 Å². The maximum Gasteiger partial charge on any atom is 0.119 e. The van der Waals surface area contributed by atoms with Gasteiger partial charge in [0, 0.05) is 6.61 Å². The van der Waals surface area contributed by atoms with Gasteiger partial charge in [-0.1, -0.05) is 12.1 Å². The number of aliphatic hydroxyl groups excluding tert-OH is 1. The fourth-order valence-electron chi connectivity index (χ4n) is 2.35. The van der Waals surface area contributed by atoms with Crippen molar-refractivity contribution in [2.45, 2.75) is 50.4 Å². The molecule has 1 N–H and O–H groups in total. The van der Waals surface area contributed by atoms with Crippen LogP contribution in [0.15, 0.2) is 24.3 Å². The molecule has 1 aromatic carbocycles. The van der Waals surface area contributed by atoms with Gasteiger partial charge in [-0.05, 0) is 49.8 Å². The summed E-state index contributed by atoms with van der Waals surface area (Å²) in [5.74, 6) is 0.901. The molecule has 0 aromatic heterocycles. The van der Waals surface area contributed by atoms with E-state index in [9.17, 15) is 5.11 Å². The third-order valence-electron chi connectivity index (χ3n) is 3.62. The average Bonchev–Trinajstić information content (AvgIpc) is 3.24. The molecule has 1 saturated heterocycles. The lowest BCUT2D eigenvalue weighted by molar-refractivity contribution is -0.0633. The first-order valence-corrected chi connectivity index (χ1v) is 6.89. The molecular formula is C15H20O3. The van der Waals surface area contributed by atoms with Crippen LogP contribution >= 0.6 is 0 Å². The predicted molar refractivity (Wildman–Crippen MR) is 68.6 cm³/mol. The summed E-state index contributed by atoms with van der Waals surface area (Å²) in [5, 5.41) is 10.3. The fourth-order valence-corrected chi connectivity index (χ4v) is 2.35. The highest BCUT2D eigenvalue weighted by Crippen LogP contribution is 2.30. The van der Waals surface area contributed by atoms with Crippen LogP contribution in [0.25, 0.3) is 0 Å². The predicted octanol–water partition coefficient (Wildman–Crippen LogP) is 2.83. The van der Waals surface area contributed by atoms with Crippen molar-refractivity contribution in [3.8, 4) is 5.75 Å². The van der Waals surface area contributed by atoms with Gasteiger partial charge in [0.25, 0.3) is 0 Å². The molecule has 0 spiro atoms. The quantitative estimate of drug-likeness (QED) is 0.890. The molecule has 1 aliphatic carbocycles. The Kier molecular flexibility index (Phi) is 3.52. The van der Waals surface area contributed by atoms with Gasteiger partial charge in [-0.2, -0.15) is 0 Å². The SMILES string of the molecule is OC(c1ccc(OC2CC2)cc1)C1CCCCO1. The minimum atomic E-state index is -0.514. The summed E-state index contributed by atoms with van der Waals surface area (Å²) in [5.41, 5.74) is 0.921. The largest absolute Gasteiger partial charge is 0.490 e. The summed E-state index contributed by atoms with van der Waals surface area (Å²) >= 11 is 0. The van der Waals surface area contributed by atoms with Gasteiger partial charge >= 0.3 is 0 Å². The molecular weight excluding hydrogens is 228 g/mol. The Bertz CT molecular complexity index is 377. The van der Waals surface area contributed by atoms with Crippen LogP contribution in [-0.2, 0) is 4.74 Å². The first-order valence-electron chi connectivity index (χ1n) is 6.89. The Hall–Kier alpha value is -1.06. The number of aliphatic hydroxyl groups is 1. The molecule has 3 heteroatoms. The Morgan fingerprint density at radius 2 is 1.89 bits per heavy atom. The zero-order chi connectivity index (χ0) is 12.4.